The second-order valence-electron chi connectivity index (χ2n) is 17.0. The minimum absolute atomic E-state index is 0.0634. The molecular weight excluding hydrogens is 737 g/mol. The standard InChI is InChI=1S/C54H48N2O2Si/c1-37-49-31-26-47-34-40(50-29-24-46(35-53(50)57-47)56(42-17-9-6-10-18-42)44-21-19-38-13-11-12-14-39(38)33-44)20-32-52(37)58-54-36-45(25-30-51(49)54)55(41-15-7-5-8-16-41)43-22-27-48(28-23-43)59(2,3)4/h5-18,20-33,35-38H,19,34H2,1-4H3/b40-20+,47-26+,49-31+,52-32+. The topological polar surface area (TPSA) is 24.9 Å². The molecule has 4 nitrogen and oxygen atoms in total. The molecular formula is C54H48N2O2Si. The van der Waals surface area contributed by atoms with Gasteiger partial charge < -0.3 is 19.3 Å². The average Bonchev–Trinajstić information content (AvgIpc) is 3.26. The number of ether oxygens (including phenoxy) is 2. The molecule has 0 N–H and O–H groups in total. The van der Waals surface area contributed by atoms with Gasteiger partial charge in [0.2, 0.25) is 0 Å². The van der Waals surface area contributed by atoms with E-state index in [9.17, 15) is 0 Å². The van der Waals surface area contributed by atoms with Crippen molar-refractivity contribution in [1.82, 2.24) is 0 Å². The molecule has 59 heavy (non-hydrogen) atoms. The normalized spacial score (nSPS) is 22.3. The maximum atomic E-state index is 6.88. The van der Waals surface area contributed by atoms with Crippen molar-refractivity contribution in [3.05, 3.63) is 216 Å². The molecule has 0 fully saturated rings. The Labute approximate surface area is 349 Å². The van der Waals surface area contributed by atoms with Crippen LogP contribution in [0.3, 0.4) is 0 Å². The summed E-state index contributed by atoms with van der Waals surface area (Å²) in [7, 11) is -1.44. The van der Waals surface area contributed by atoms with Crippen LogP contribution in [0.5, 0.6) is 11.5 Å². The van der Waals surface area contributed by atoms with Crippen LogP contribution in [0.15, 0.2) is 205 Å². The smallest absolute Gasteiger partial charge is 0.136 e. The number of fused-ring (bicyclic) bond motifs is 9. The first-order chi connectivity index (χ1) is 28.8. The molecule has 3 aliphatic carbocycles. The van der Waals surface area contributed by atoms with Crippen molar-refractivity contribution < 1.29 is 9.47 Å². The molecule has 2 unspecified atom stereocenters. The molecule has 0 radical (unpaired) electrons. The lowest BCUT2D eigenvalue weighted by Crippen LogP contribution is -2.37. The first-order valence-corrected chi connectivity index (χ1v) is 24.3. The van der Waals surface area contributed by atoms with Crippen molar-refractivity contribution >= 4 is 52.8 Å². The van der Waals surface area contributed by atoms with E-state index in [4.69, 9.17) is 9.47 Å². The Balaban J connectivity index is 1.01. The molecule has 10 rings (SSSR count). The molecule has 4 bridgehead atoms. The van der Waals surface area contributed by atoms with Crippen LogP contribution in [0.2, 0.25) is 19.6 Å². The Morgan fingerprint density at radius 1 is 0.610 bits per heavy atom. The van der Waals surface area contributed by atoms with E-state index in [0.717, 1.165) is 69.0 Å². The van der Waals surface area contributed by atoms with Crippen molar-refractivity contribution in [1.29, 1.82) is 0 Å². The minimum Gasteiger partial charge on any atom is -0.461 e. The molecule has 2 aliphatic heterocycles. The van der Waals surface area contributed by atoms with Gasteiger partial charge in [-0.15, -0.1) is 0 Å². The van der Waals surface area contributed by atoms with E-state index in [0.29, 0.717) is 12.3 Å². The first-order valence-electron chi connectivity index (χ1n) is 20.8. The van der Waals surface area contributed by atoms with E-state index in [1.54, 1.807) is 0 Å². The van der Waals surface area contributed by atoms with E-state index < -0.39 is 8.07 Å². The molecule has 5 aromatic carbocycles. The van der Waals surface area contributed by atoms with E-state index >= 15 is 0 Å². The Morgan fingerprint density at radius 2 is 1.25 bits per heavy atom. The number of hydrogen-bond acceptors (Lipinski definition) is 4. The summed E-state index contributed by atoms with van der Waals surface area (Å²) in [5.74, 6) is 4.05. The van der Waals surface area contributed by atoms with Crippen LogP contribution in [-0.4, -0.2) is 8.07 Å². The summed E-state index contributed by atoms with van der Waals surface area (Å²) in [6.07, 6.45) is 24.0. The lowest BCUT2D eigenvalue weighted by atomic mass is 9.86. The van der Waals surface area contributed by atoms with Crippen LogP contribution in [-0.2, 0) is 0 Å². The van der Waals surface area contributed by atoms with Crippen LogP contribution in [0.4, 0.5) is 28.4 Å². The van der Waals surface area contributed by atoms with E-state index in [2.05, 4.69) is 218 Å². The fourth-order valence-electron chi connectivity index (χ4n) is 8.82. The molecule has 5 aliphatic rings. The van der Waals surface area contributed by atoms with Crippen molar-refractivity contribution in [3.8, 4) is 11.5 Å². The summed E-state index contributed by atoms with van der Waals surface area (Å²) < 4.78 is 13.7. The zero-order valence-corrected chi connectivity index (χ0v) is 35.1. The molecule has 2 atom stereocenters. The second-order valence-corrected chi connectivity index (χ2v) is 22.1. The van der Waals surface area contributed by atoms with Gasteiger partial charge in [0.25, 0.3) is 0 Å². The summed E-state index contributed by atoms with van der Waals surface area (Å²) in [6.45, 7) is 9.41. The maximum absolute atomic E-state index is 6.88. The first kappa shape index (κ1) is 36.8. The average molecular weight is 785 g/mol. The number of anilines is 5. The summed E-state index contributed by atoms with van der Waals surface area (Å²) in [5, 5.41) is 1.44. The Kier molecular flexibility index (Phi) is 9.34. The molecule has 0 aromatic heterocycles. The SMILES string of the molecule is CC1/C2=C\C=C3/C/C(=C\C=C/1c1ccc(N(c4ccccc4)c4ccc([Si](C)(C)C)cc4)cc1O2)Oc1cc(N(C2=CCC4C=CC=CC4=C2)c2ccccc2)ccc13. The van der Waals surface area contributed by atoms with Gasteiger partial charge in [-0.05, 0) is 102 Å². The zero-order valence-electron chi connectivity index (χ0n) is 34.1. The molecule has 0 saturated carbocycles. The molecule has 5 heteroatoms. The number of para-hydroxylation sites is 2. The van der Waals surface area contributed by atoms with Gasteiger partial charge in [-0.25, -0.2) is 0 Å². The second kappa shape index (κ2) is 15.0. The summed E-state index contributed by atoms with van der Waals surface area (Å²) in [5.41, 5.74) is 12.6. The van der Waals surface area contributed by atoms with E-state index in [-0.39, 0.29) is 5.92 Å². The lowest BCUT2D eigenvalue weighted by molar-refractivity contribution is 0.371. The fraction of sp³-hybridized carbons (Fsp3) is 0.148. The molecule has 2 heterocycles. The highest BCUT2D eigenvalue weighted by atomic mass is 28.3. The zero-order chi connectivity index (χ0) is 40.1. The van der Waals surface area contributed by atoms with Gasteiger partial charge in [-0.1, -0.05) is 123 Å². The predicted molar refractivity (Wildman–Crippen MR) is 249 cm³/mol. The van der Waals surface area contributed by atoms with Crippen LogP contribution in [0.1, 0.15) is 30.9 Å². The molecule has 290 valence electrons. The highest BCUT2D eigenvalue weighted by molar-refractivity contribution is 6.88. The number of rotatable bonds is 7. The monoisotopic (exact) mass is 784 g/mol. The fourth-order valence-corrected chi connectivity index (χ4v) is 9.98. The molecule has 0 saturated heterocycles. The van der Waals surface area contributed by atoms with Gasteiger partial charge in [0.1, 0.15) is 23.0 Å². The third kappa shape index (κ3) is 7.06. The Hall–Kier alpha value is -6.56. The Morgan fingerprint density at radius 3 is 1.98 bits per heavy atom. The van der Waals surface area contributed by atoms with Gasteiger partial charge in [0, 0.05) is 75.7 Å². The van der Waals surface area contributed by atoms with Crippen LogP contribution in [0.25, 0.3) is 11.1 Å². The minimum atomic E-state index is -1.44. The van der Waals surface area contributed by atoms with Crippen molar-refractivity contribution in [3.63, 3.8) is 0 Å². The number of hydrogen-bond donors (Lipinski definition) is 0. The molecule has 0 spiro atoms. The van der Waals surface area contributed by atoms with Gasteiger partial charge in [-0.3, -0.25) is 0 Å². The largest absolute Gasteiger partial charge is 0.461 e. The van der Waals surface area contributed by atoms with Gasteiger partial charge in [0.05, 0.1) is 8.07 Å². The maximum Gasteiger partial charge on any atom is 0.136 e. The van der Waals surface area contributed by atoms with Gasteiger partial charge in [-0.2, -0.15) is 0 Å². The third-order valence-electron chi connectivity index (χ3n) is 12.1. The van der Waals surface area contributed by atoms with E-state index in [1.807, 2.05) is 0 Å². The summed E-state index contributed by atoms with van der Waals surface area (Å²) in [4.78, 5) is 4.67. The lowest BCUT2D eigenvalue weighted by Gasteiger charge is -2.32. The number of benzene rings is 5. The van der Waals surface area contributed by atoms with E-state index in [1.165, 1.54) is 27.6 Å². The third-order valence-corrected chi connectivity index (χ3v) is 14.1. The van der Waals surface area contributed by atoms with Gasteiger partial charge >= 0.3 is 0 Å². The number of nitrogens with zero attached hydrogens (tertiary/aromatic N) is 2. The predicted octanol–water partition coefficient (Wildman–Crippen LogP) is 13.9. The van der Waals surface area contributed by atoms with Crippen LogP contribution in [0, 0.1) is 11.8 Å². The van der Waals surface area contributed by atoms with Crippen molar-refractivity contribution in [2.24, 2.45) is 11.8 Å². The Bertz CT molecular complexity index is 2710. The number of allylic oxidation sites excluding steroid dienone is 13. The summed E-state index contributed by atoms with van der Waals surface area (Å²) in [6, 6.07) is 43.6. The molecule has 0 amide bonds. The van der Waals surface area contributed by atoms with Crippen molar-refractivity contribution in [2.75, 3.05) is 9.80 Å². The molecule has 5 aromatic rings. The van der Waals surface area contributed by atoms with Crippen LogP contribution < -0.4 is 24.5 Å². The quantitative estimate of drug-likeness (QED) is 0.154. The highest BCUT2D eigenvalue weighted by Crippen LogP contribution is 2.48. The highest BCUT2D eigenvalue weighted by Gasteiger charge is 2.30. The summed E-state index contributed by atoms with van der Waals surface area (Å²) >= 11 is 0. The van der Waals surface area contributed by atoms with Crippen LogP contribution >= 0.6 is 0 Å². The van der Waals surface area contributed by atoms with Gasteiger partial charge in [0.15, 0.2) is 0 Å². The van der Waals surface area contributed by atoms with Crippen molar-refractivity contribution in [2.45, 2.75) is 39.4 Å².